The van der Waals surface area contributed by atoms with Crippen LogP contribution in [0.25, 0.3) is 0 Å². The van der Waals surface area contributed by atoms with Crippen molar-refractivity contribution in [2.24, 2.45) is 5.92 Å². The maximum atomic E-state index is 5.78. The van der Waals surface area contributed by atoms with Gasteiger partial charge >= 0.3 is 0 Å². The fraction of sp³-hybridized carbons (Fsp3) is 1.00. The van der Waals surface area contributed by atoms with Crippen LogP contribution in [0.4, 0.5) is 0 Å². The molecule has 0 aromatic heterocycles. The number of ether oxygens (including phenoxy) is 1. The summed E-state index contributed by atoms with van der Waals surface area (Å²) >= 11 is 5.78. The Hall–Kier alpha value is 0.210. The second-order valence-electron chi connectivity index (χ2n) is 5.30. The van der Waals surface area contributed by atoms with E-state index in [1.165, 1.54) is 12.8 Å². The van der Waals surface area contributed by atoms with Gasteiger partial charge in [-0.05, 0) is 46.1 Å². The lowest BCUT2D eigenvalue weighted by molar-refractivity contribution is -0.00103. The van der Waals surface area contributed by atoms with Crippen molar-refractivity contribution >= 4 is 11.6 Å². The molecule has 1 N–H and O–H groups in total. The van der Waals surface area contributed by atoms with Gasteiger partial charge < -0.3 is 10.1 Å². The highest BCUT2D eigenvalue weighted by Gasteiger charge is 2.09. The Balaban J connectivity index is 3.46. The van der Waals surface area contributed by atoms with Crippen molar-refractivity contribution in [3.63, 3.8) is 0 Å². The first kappa shape index (κ1) is 16.2. The molecule has 0 aromatic carbocycles. The van der Waals surface area contributed by atoms with Crippen LogP contribution in [0.3, 0.4) is 0 Å². The molecule has 0 radical (unpaired) electrons. The standard InChI is InChI=1S/C13H28ClNO/c1-5-6-12(7-8-14)11-15-9-10-16-13(2,3)4/h12,15H,5-11H2,1-4H3. The minimum absolute atomic E-state index is 0.0271. The third kappa shape index (κ3) is 10.7. The van der Waals surface area contributed by atoms with E-state index >= 15 is 0 Å². The van der Waals surface area contributed by atoms with Crippen molar-refractivity contribution in [2.75, 3.05) is 25.6 Å². The van der Waals surface area contributed by atoms with Crippen LogP contribution in [0.15, 0.2) is 0 Å². The van der Waals surface area contributed by atoms with Crippen molar-refractivity contribution < 1.29 is 4.74 Å². The van der Waals surface area contributed by atoms with E-state index < -0.39 is 0 Å². The Kier molecular flexibility index (Phi) is 9.38. The number of rotatable bonds is 9. The number of alkyl halides is 1. The smallest absolute Gasteiger partial charge is 0.0599 e. The second-order valence-corrected chi connectivity index (χ2v) is 5.68. The van der Waals surface area contributed by atoms with Gasteiger partial charge in [0.1, 0.15) is 0 Å². The summed E-state index contributed by atoms with van der Waals surface area (Å²) in [6, 6.07) is 0. The van der Waals surface area contributed by atoms with Crippen molar-refractivity contribution in [1.29, 1.82) is 0 Å². The lowest BCUT2D eigenvalue weighted by Crippen LogP contribution is -2.30. The van der Waals surface area contributed by atoms with E-state index in [1.807, 2.05) is 0 Å². The van der Waals surface area contributed by atoms with Crippen LogP contribution in [0.1, 0.15) is 47.0 Å². The summed E-state index contributed by atoms with van der Waals surface area (Å²) in [7, 11) is 0. The zero-order chi connectivity index (χ0) is 12.4. The van der Waals surface area contributed by atoms with Gasteiger partial charge in [0.2, 0.25) is 0 Å². The highest BCUT2D eigenvalue weighted by atomic mass is 35.5. The molecule has 3 heteroatoms. The summed E-state index contributed by atoms with van der Waals surface area (Å²) in [5.74, 6) is 1.49. The van der Waals surface area contributed by atoms with Crippen molar-refractivity contribution in [3.05, 3.63) is 0 Å². The van der Waals surface area contributed by atoms with E-state index in [9.17, 15) is 0 Å². The Labute approximate surface area is 106 Å². The van der Waals surface area contributed by atoms with Gasteiger partial charge in [-0.3, -0.25) is 0 Å². The third-order valence-electron chi connectivity index (χ3n) is 2.46. The van der Waals surface area contributed by atoms with Gasteiger partial charge in [0.25, 0.3) is 0 Å². The van der Waals surface area contributed by atoms with Crippen molar-refractivity contribution in [3.8, 4) is 0 Å². The molecule has 0 bridgehead atoms. The molecule has 0 amide bonds. The van der Waals surface area contributed by atoms with E-state index in [0.29, 0.717) is 0 Å². The van der Waals surface area contributed by atoms with Crippen LogP contribution < -0.4 is 5.32 Å². The summed E-state index contributed by atoms with van der Waals surface area (Å²) in [5.41, 5.74) is -0.0271. The van der Waals surface area contributed by atoms with Gasteiger partial charge in [-0.15, -0.1) is 11.6 Å². The van der Waals surface area contributed by atoms with Gasteiger partial charge in [-0.2, -0.15) is 0 Å². The lowest BCUT2D eigenvalue weighted by Gasteiger charge is -2.20. The third-order valence-corrected chi connectivity index (χ3v) is 2.68. The van der Waals surface area contributed by atoms with E-state index in [4.69, 9.17) is 16.3 Å². The van der Waals surface area contributed by atoms with Crippen LogP contribution in [-0.4, -0.2) is 31.2 Å². The fourth-order valence-corrected chi connectivity index (χ4v) is 1.96. The molecule has 0 aliphatic heterocycles. The van der Waals surface area contributed by atoms with Crippen LogP contribution in [0.2, 0.25) is 0 Å². The first-order chi connectivity index (χ1) is 7.49. The first-order valence-electron chi connectivity index (χ1n) is 6.40. The monoisotopic (exact) mass is 249 g/mol. The summed E-state index contributed by atoms with van der Waals surface area (Å²) in [4.78, 5) is 0. The molecular weight excluding hydrogens is 222 g/mol. The molecule has 0 fully saturated rings. The van der Waals surface area contributed by atoms with E-state index in [0.717, 1.165) is 37.9 Å². The highest BCUT2D eigenvalue weighted by molar-refractivity contribution is 6.17. The van der Waals surface area contributed by atoms with Crippen LogP contribution >= 0.6 is 11.6 Å². The molecule has 1 unspecified atom stereocenters. The average Bonchev–Trinajstić information content (AvgIpc) is 2.16. The molecule has 0 spiro atoms. The molecular formula is C13H28ClNO. The normalized spacial score (nSPS) is 14.1. The molecule has 2 nitrogen and oxygen atoms in total. The number of halogens is 1. The van der Waals surface area contributed by atoms with Crippen LogP contribution in [0.5, 0.6) is 0 Å². The zero-order valence-electron chi connectivity index (χ0n) is 11.3. The molecule has 0 rings (SSSR count). The van der Waals surface area contributed by atoms with Gasteiger partial charge in [0, 0.05) is 12.4 Å². The van der Waals surface area contributed by atoms with Crippen LogP contribution in [0, 0.1) is 5.92 Å². The molecule has 0 heterocycles. The molecule has 98 valence electrons. The van der Waals surface area contributed by atoms with Crippen molar-refractivity contribution in [2.45, 2.75) is 52.6 Å². The van der Waals surface area contributed by atoms with Gasteiger partial charge in [-0.25, -0.2) is 0 Å². The summed E-state index contributed by atoms with van der Waals surface area (Å²) in [6.07, 6.45) is 3.62. The number of hydrogen-bond donors (Lipinski definition) is 1. The topological polar surface area (TPSA) is 21.3 Å². The molecule has 0 saturated carbocycles. The Bertz CT molecular complexity index is 151. The van der Waals surface area contributed by atoms with E-state index in [2.05, 4.69) is 33.0 Å². The van der Waals surface area contributed by atoms with E-state index in [-0.39, 0.29) is 5.60 Å². The largest absolute Gasteiger partial charge is 0.375 e. The molecule has 0 aliphatic carbocycles. The first-order valence-corrected chi connectivity index (χ1v) is 6.93. The molecule has 0 aliphatic rings. The highest BCUT2D eigenvalue weighted by Crippen LogP contribution is 2.11. The zero-order valence-corrected chi connectivity index (χ0v) is 12.1. The number of hydrogen-bond acceptors (Lipinski definition) is 2. The molecule has 0 aromatic rings. The Morgan fingerprint density at radius 1 is 1.25 bits per heavy atom. The fourth-order valence-electron chi connectivity index (χ4n) is 1.65. The lowest BCUT2D eigenvalue weighted by atomic mass is 10.0. The maximum absolute atomic E-state index is 5.78. The summed E-state index contributed by atoms with van der Waals surface area (Å²) < 4.78 is 5.64. The van der Waals surface area contributed by atoms with Gasteiger partial charge in [-0.1, -0.05) is 13.3 Å². The predicted molar refractivity (Wildman–Crippen MR) is 72.3 cm³/mol. The van der Waals surface area contributed by atoms with Gasteiger partial charge in [0.05, 0.1) is 12.2 Å². The Morgan fingerprint density at radius 2 is 1.94 bits per heavy atom. The van der Waals surface area contributed by atoms with Crippen molar-refractivity contribution in [1.82, 2.24) is 5.32 Å². The second kappa shape index (κ2) is 9.26. The Morgan fingerprint density at radius 3 is 2.44 bits per heavy atom. The SMILES string of the molecule is CCCC(CCCl)CNCCOC(C)(C)C. The van der Waals surface area contributed by atoms with E-state index in [1.54, 1.807) is 0 Å². The molecule has 1 atom stereocenters. The minimum Gasteiger partial charge on any atom is -0.375 e. The maximum Gasteiger partial charge on any atom is 0.0599 e. The van der Waals surface area contributed by atoms with Crippen LogP contribution in [-0.2, 0) is 4.74 Å². The summed E-state index contributed by atoms with van der Waals surface area (Å²) in [5, 5.41) is 3.44. The average molecular weight is 250 g/mol. The molecule has 16 heavy (non-hydrogen) atoms. The quantitative estimate of drug-likeness (QED) is 0.499. The predicted octanol–water partition coefficient (Wildman–Crippen LogP) is 3.44. The van der Waals surface area contributed by atoms with Gasteiger partial charge in [0.15, 0.2) is 0 Å². The minimum atomic E-state index is -0.0271. The summed E-state index contributed by atoms with van der Waals surface area (Å²) in [6.45, 7) is 11.3. The molecule has 0 saturated heterocycles. The number of nitrogens with one attached hydrogen (secondary N) is 1.